The molecule has 0 amide bonds. The van der Waals surface area contributed by atoms with Crippen LogP contribution >= 0.6 is 11.3 Å². The van der Waals surface area contributed by atoms with E-state index in [2.05, 4.69) is 18.4 Å². The standard InChI is InChI=1S/C34H42O5S/c1-4-12-26(23-31(36)32-19-11-21-39-32)14-7-9-17-29(28-16-8-6-13-25(28)3)33(34(37)38-5-2)30(35)18-10-15-27-20-22-40-24-27/h6,8,11,13,16,19-22,24,26H,4-5,7,9-10,12,14-15,17-18,23H2,1-3H3/b33-29+. The Morgan fingerprint density at radius 3 is 2.45 bits per heavy atom. The van der Waals surface area contributed by atoms with Gasteiger partial charge in [-0.3, -0.25) is 9.59 Å². The fourth-order valence-corrected chi connectivity index (χ4v) is 5.92. The fraction of sp³-hybridized carbons (Fsp3) is 0.441. The largest absolute Gasteiger partial charge is 0.462 e. The number of carbonyl (C=O) groups is 3. The third-order valence-corrected chi connectivity index (χ3v) is 7.97. The second-order valence-corrected chi connectivity index (χ2v) is 11.1. The van der Waals surface area contributed by atoms with Crippen molar-refractivity contribution in [3.8, 4) is 0 Å². The number of unbranched alkanes of at least 4 members (excludes halogenated alkanes) is 1. The second kappa shape index (κ2) is 16.8. The van der Waals surface area contributed by atoms with Crippen molar-refractivity contribution >= 4 is 34.4 Å². The van der Waals surface area contributed by atoms with Gasteiger partial charge in [0.1, 0.15) is 5.57 Å². The van der Waals surface area contributed by atoms with Crippen molar-refractivity contribution in [2.75, 3.05) is 6.61 Å². The number of Topliss-reactive ketones (excluding diaryl/α,β-unsaturated/α-hetero) is 2. The number of allylic oxidation sites excluding steroid dienone is 1. The Hall–Kier alpha value is -3.25. The number of benzene rings is 1. The molecule has 1 unspecified atom stereocenters. The maximum Gasteiger partial charge on any atom is 0.342 e. The third kappa shape index (κ3) is 9.44. The molecule has 3 aromatic rings. The number of ether oxygens (including phenoxy) is 1. The number of esters is 1. The molecule has 40 heavy (non-hydrogen) atoms. The molecule has 0 fully saturated rings. The summed E-state index contributed by atoms with van der Waals surface area (Å²) < 4.78 is 10.7. The summed E-state index contributed by atoms with van der Waals surface area (Å²) in [6.07, 6.45) is 8.99. The van der Waals surface area contributed by atoms with Gasteiger partial charge in [0.15, 0.2) is 17.3 Å². The summed E-state index contributed by atoms with van der Waals surface area (Å²) in [4.78, 5) is 39.4. The van der Waals surface area contributed by atoms with Crippen molar-refractivity contribution in [2.24, 2.45) is 5.92 Å². The molecular weight excluding hydrogens is 520 g/mol. The molecule has 0 bridgehead atoms. The summed E-state index contributed by atoms with van der Waals surface area (Å²) in [5, 5.41) is 4.13. The Morgan fingerprint density at radius 2 is 1.77 bits per heavy atom. The van der Waals surface area contributed by atoms with Crippen molar-refractivity contribution < 1.29 is 23.5 Å². The molecule has 1 aromatic carbocycles. The van der Waals surface area contributed by atoms with E-state index in [0.717, 1.165) is 55.2 Å². The molecule has 0 N–H and O–H groups in total. The van der Waals surface area contributed by atoms with E-state index in [1.165, 1.54) is 11.8 Å². The molecule has 1 atom stereocenters. The van der Waals surface area contributed by atoms with E-state index in [-0.39, 0.29) is 29.7 Å². The van der Waals surface area contributed by atoms with E-state index in [9.17, 15) is 14.4 Å². The van der Waals surface area contributed by atoms with Crippen molar-refractivity contribution in [3.63, 3.8) is 0 Å². The first kappa shape index (κ1) is 31.3. The summed E-state index contributed by atoms with van der Waals surface area (Å²) in [6.45, 7) is 6.13. The van der Waals surface area contributed by atoms with Crippen molar-refractivity contribution in [3.05, 3.63) is 87.5 Å². The number of rotatable bonds is 18. The van der Waals surface area contributed by atoms with Crippen LogP contribution < -0.4 is 0 Å². The fourth-order valence-electron chi connectivity index (χ4n) is 5.22. The molecule has 5 nitrogen and oxygen atoms in total. The van der Waals surface area contributed by atoms with Gasteiger partial charge in [0.25, 0.3) is 0 Å². The lowest BCUT2D eigenvalue weighted by molar-refractivity contribution is -0.140. The molecule has 214 valence electrons. The van der Waals surface area contributed by atoms with E-state index in [1.807, 2.05) is 36.6 Å². The minimum atomic E-state index is -0.533. The highest BCUT2D eigenvalue weighted by Gasteiger charge is 2.26. The predicted molar refractivity (Wildman–Crippen MR) is 162 cm³/mol. The monoisotopic (exact) mass is 562 g/mol. The molecule has 0 aliphatic rings. The van der Waals surface area contributed by atoms with Crippen LogP contribution in [-0.4, -0.2) is 24.1 Å². The van der Waals surface area contributed by atoms with E-state index < -0.39 is 5.97 Å². The van der Waals surface area contributed by atoms with Crippen molar-refractivity contribution in [2.45, 2.75) is 85.0 Å². The molecule has 2 heterocycles. The van der Waals surface area contributed by atoms with Gasteiger partial charge in [-0.1, -0.05) is 50.5 Å². The lowest BCUT2D eigenvalue weighted by Crippen LogP contribution is -2.19. The summed E-state index contributed by atoms with van der Waals surface area (Å²) in [6, 6.07) is 13.5. The van der Waals surface area contributed by atoms with Gasteiger partial charge in [0.2, 0.25) is 0 Å². The summed E-state index contributed by atoms with van der Waals surface area (Å²) in [5.74, 6) is 0.0508. The number of hydrogen-bond acceptors (Lipinski definition) is 6. The molecule has 0 aliphatic carbocycles. The molecule has 0 saturated carbocycles. The Balaban J connectivity index is 1.77. The Bertz CT molecular complexity index is 1240. The van der Waals surface area contributed by atoms with Crippen LogP contribution in [-0.2, 0) is 20.7 Å². The number of ketones is 2. The molecule has 0 saturated heterocycles. The molecule has 6 heteroatoms. The van der Waals surface area contributed by atoms with Crippen LogP contribution in [0.1, 0.15) is 98.9 Å². The van der Waals surface area contributed by atoms with Crippen LogP contribution in [0.4, 0.5) is 0 Å². The zero-order chi connectivity index (χ0) is 28.7. The topological polar surface area (TPSA) is 73.6 Å². The van der Waals surface area contributed by atoms with Crippen LogP contribution in [0.3, 0.4) is 0 Å². The normalized spacial score (nSPS) is 12.6. The van der Waals surface area contributed by atoms with Gasteiger partial charge >= 0.3 is 5.97 Å². The highest BCUT2D eigenvalue weighted by atomic mass is 32.1. The molecule has 0 aliphatic heterocycles. The molecule has 2 aromatic heterocycles. The van der Waals surface area contributed by atoms with Crippen LogP contribution in [0, 0.1) is 12.8 Å². The van der Waals surface area contributed by atoms with Gasteiger partial charge in [-0.25, -0.2) is 4.79 Å². The lowest BCUT2D eigenvalue weighted by atomic mass is 9.87. The van der Waals surface area contributed by atoms with E-state index >= 15 is 0 Å². The van der Waals surface area contributed by atoms with Crippen LogP contribution in [0.15, 0.2) is 69.5 Å². The Kier molecular flexibility index (Phi) is 13.1. The quantitative estimate of drug-likeness (QED) is 0.0387. The summed E-state index contributed by atoms with van der Waals surface area (Å²) in [7, 11) is 0. The minimum Gasteiger partial charge on any atom is -0.462 e. The highest BCUT2D eigenvalue weighted by Crippen LogP contribution is 2.31. The van der Waals surface area contributed by atoms with Gasteiger partial charge in [0.05, 0.1) is 12.9 Å². The average Bonchev–Trinajstić information content (AvgIpc) is 3.66. The number of aryl methyl sites for hydroxylation is 2. The number of hydrogen-bond donors (Lipinski definition) is 0. The van der Waals surface area contributed by atoms with Crippen molar-refractivity contribution in [1.29, 1.82) is 0 Å². The van der Waals surface area contributed by atoms with Crippen LogP contribution in [0.5, 0.6) is 0 Å². The maximum atomic E-state index is 13.6. The first-order valence-corrected chi connectivity index (χ1v) is 15.5. The smallest absolute Gasteiger partial charge is 0.342 e. The lowest BCUT2D eigenvalue weighted by Gasteiger charge is -2.18. The van der Waals surface area contributed by atoms with Gasteiger partial charge in [-0.05, 0) is 103 Å². The Labute approximate surface area is 242 Å². The van der Waals surface area contributed by atoms with E-state index in [1.54, 1.807) is 30.4 Å². The van der Waals surface area contributed by atoms with Gasteiger partial charge in [-0.15, -0.1) is 0 Å². The van der Waals surface area contributed by atoms with Gasteiger partial charge in [-0.2, -0.15) is 11.3 Å². The van der Waals surface area contributed by atoms with Crippen LogP contribution in [0.2, 0.25) is 0 Å². The zero-order valence-corrected chi connectivity index (χ0v) is 24.9. The number of furan rings is 1. The summed E-state index contributed by atoms with van der Waals surface area (Å²) in [5.41, 5.74) is 4.13. The number of thiophene rings is 1. The summed E-state index contributed by atoms with van der Waals surface area (Å²) >= 11 is 1.65. The molecule has 0 spiro atoms. The average molecular weight is 563 g/mol. The predicted octanol–water partition coefficient (Wildman–Crippen LogP) is 8.81. The van der Waals surface area contributed by atoms with E-state index in [4.69, 9.17) is 9.15 Å². The zero-order valence-electron chi connectivity index (χ0n) is 24.1. The van der Waals surface area contributed by atoms with Gasteiger partial charge in [0, 0.05) is 12.8 Å². The maximum absolute atomic E-state index is 13.6. The molecular formula is C34H42O5S. The second-order valence-electron chi connectivity index (χ2n) is 10.3. The van der Waals surface area contributed by atoms with Gasteiger partial charge < -0.3 is 9.15 Å². The number of carbonyl (C=O) groups excluding carboxylic acids is 3. The molecule has 3 rings (SSSR count). The SMILES string of the molecule is CCCC(CCCC/C(=C(/C(=O)CCCc1ccsc1)C(=O)OCC)c1ccccc1C)CC(=O)c1ccco1. The van der Waals surface area contributed by atoms with E-state index in [0.29, 0.717) is 31.4 Å². The molecule has 0 radical (unpaired) electrons. The third-order valence-electron chi connectivity index (χ3n) is 7.24. The highest BCUT2D eigenvalue weighted by molar-refractivity contribution is 7.07. The first-order chi connectivity index (χ1) is 19.4. The first-order valence-electron chi connectivity index (χ1n) is 14.5. The Morgan fingerprint density at radius 1 is 0.950 bits per heavy atom. The van der Waals surface area contributed by atoms with Crippen LogP contribution in [0.25, 0.3) is 5.57 Å². The minimum absolute atomic E-state index is 0.0431. The van der Waals surface area contributed by atoms with Crippen molar-refractivity contribution in [1.82, 2.24) is 0 Å².